The van der Waals surface area contributed by atoms with Crippen molar-refractivity contribution in [2.45, 2.75) is 13.8 Å². The average Bonchev–Trinajstić information content (AvgIpc) is 2.70. The summed E-state index contributed by atoms with van der Waals surface area (Å²) in [6.07, 6.45) is 0. The van der Waals surface area contributed by atoms with E-state index in [0.717, 1.165) is 16.5 Å². The third-order valence-corrected chi connectivity index (χ3v) is 4.09. The van der Waals surface area contributed by atoms with Crippen LogP contribution in [-0.4, -0.2) is 25.1 Å². The zero-order valence-electron chi connectivity index (χ0n) is 16.2. The molecule has 1 heterocycles. The lowest BCUT2D eigenvalue weighted by Crippen LogP contribution is -2.42. The van der Waals surface area contributed by atoms with Gasteiger partial charge in [0.25, 0.3) is 5.91 Å². The van der Waals surface area contributed by atoms with Gasteiger partial charge in [-0.25, -0.2) is 9.59 Å². The molecule has 0 saturated carbocycles. The van der Waals surface area contributed by atoms with Crippen LogP contribution in [0.5, 0.6) is 5.75 Å². The second-order valence-electron chi connectivity index (χ2n) is 6.94. The first-order valence-corrected chi connectivity index (χ1v) is 9.26. The van der Waals surface area contributed by atoms with Gasteiger partial charge in [-0.15, -0.1) is 0 Å². The Hall–Kier alpha value is -3.61. The molecule has 150 valence electrons. The van der Waals surface area contributed by atoms with Gasteiger partial charge in [-0.2, -0.15) is 0 Å². The number of ether oxygens (including phenoxy) is 1. The average molecular weight is 394 g/mol. The quantitative estimate of drug-likeness (QED) is 0.625. The first kappa shape index (κ1) is 20.1. The Morgan fingerprint density at radius 2 is 1.83 bits per heavy atom. The number of fused-ring (bicyclic) bond motifs is 1. The van der Waals surface area contributed by atoms with Gasteiger partial charge in [0.1, 0.15) is 11.3 Å². The predicted molar refractivity (Wildman–Crippen MR) is 110 cm³/mol. The van der Waals surface area contributed by atoms with Crippen LogP contribution < -0.4 is 21.0 Å². The third kappa shape index (κ3) is 5.44. The molecule has 0 aliphatic carbocycles. The maximum atomic E-state index is 12.0. The molecule has 29 heavy (non-hydrogen) atoms. The fraction of sp³-hybridized carbons (Fsp3) is 0.227. The van der Waals surface area contributed by atoms with E-state index in [1.54, 1.807) is 18.2 Å². The van der Waals surface area contributed by atoms with Crippen LogP contribution in [0, 0.1) is 5.92 Å². The molecule has 0 bridgehead atoms. The Morgan fingerprint density at radius 1 is 1.07 bits per heavy atom. The van der Waals surface area contributed by atoms with Crippen molar-refractivity contribution in [3.8, 4) is 16.9 Å². The van der Waals surface area contributed by atoms with Crippen LogP contribution in [-0.2, 0) is 4.79 Å². The summed E-state index contributed by atoms with van der Waals surface area (Å²) < 4.78 is 10.7. The maximum absolute atomic E-state index is 12.0. The van der Waals surface area contributed by atoms with Crippen LogP contribution in [0.3, 0.4) is 0 Å². The van der Waals surface area contributed by atoms with Gasteiger partial charge in [-0.3, -0.25) is 10.1 Å². The van der Waals surface area contributed by atoms with Gasteiger partial charge >= 0.3 is 11.7 Å². The van der Waals surface area contributed by atoms with Crippen molar-refractivity contribution in [2.75, 3.05) is 13.2 Å². The summed E-state index contributed by atoms with van der Waals surface area (Å²) in [5, 5.41) is 5.53. The van der Waals surface area contributed by atoms with Crippen LogP contribution >= 0.6 is 0 Å². The number of hydrogen-bond donors (Lipinski definition) is 2. The maximum Gasteiger partial charge on any atom is 0.336 e. The van der Waals surface area contributed by atoms with Crippen molar-refractivity contribution < 1.29 is 18.7 Å². The molecule has 3 amide bonds. The highest BCUT2D eigenvalue weighted by molar-refractivity contribution is 5.95. The predicted octanol–water partition coefficient (Wildman–Crippen LogP) is 3.32. The van der Waals surface area contributed by atoms with Crippen molar-refractivity contribution in [3.05, 3.63) is 65.0 Å². The minimum atomic E-state index is -0.578. The van der Waals surface area contributed by atoms with Gasteiger partial charge in [0.15, 0.2) is 6.61 Å². The second-order valence-corrected chi connectivity index (χ2v) is 6.94. The molecule has 0 fully saturated rings. The van der Waals surface area contributed by atoms with Crippen molar-refractivity contribution in [1.29, 1.82) is 0 Å². The number of carbonyl (C=O) groups excluding carboxylic acids is 2. The fourth-order valence-electron chi connectivity index (χ4n) is 2.74. The molecular formula is C22H22N2O5. The van der Waals surface area contributed by atoms with Crippen LogP contribution in [0.4, 0.5) is 4.79 Å². The Kier molecular flexibility index (Phi) is 6.29. The number of benzene rings is 2. The first-order valence-electron chi connectivity index (χ1n) is 9.26. The summed E-state index contributed by atoms with van der Waals surface area (Å²) in [5.41, 5.74) is 1.52. The molecule has 7 nitrogen and oxygen atoms in total. The minimum Gasteiger partial charge on any atom is -0.484 e. The molecule has 3 aromatic rings. The van der Waals surface area contributed by atoms with Crippen LogP contribution in [0.25, 0.3) is 22.1 Å². The summed E-state index contributed by atoms with van der Waals surface area (Å²) >= 11 is 0. The lowest BCUT2D eigenvalue weighted by molar-refractivity contribution is -0.122. The molecule has 1 aromatic heterocycles. The van der Waals surface area contributed by atoms with E-state index in [2.05, 4.69) is 10.6 Å². The van der Waals surface area contributed by atoms with Gasteiger partial charge in [-0.1, -0.05) is 44.2 Å². The number of amides is 3. The molecule has 3 rings (SSSR count). The molecule has 2 N–H and O–H groups in total. The molecule has 0 aliphatic heterocycles. The minimum absolute atomic E-state index is 0.278. The Morgan fingerprint density at radius 3 is 2.55 bits per heavy atom. The summed E-state index contributed by atoms with van der Waals surface area (Å²) in [6.45, 7) is 4.02. The number of rotatable bonds is 6. The van der Waals surface area contributed by atoms with Gasteiger partial charge < -0.3 is 14.5 Å². The number of imide groups is 1. The van der Waals surface area contributed by atoms with Crippen LogP contribution in [0.15, 0.2) is 63.8 Å². The monoisotopic (exact) mass is 394 g/mol. The van der Waals surface area contributed by atoms with E-state index >= 15 is 0 Å². The van der Waals surface area contributed by atoms with Gasteiger partial charge in [0.2, 0.25) is 0 Å². The molecule has 7 heteroatoms. The van der Waals surface area contributed by atoms with E-state index in [9.17, 15) is 14.4 Å². The van der Waals surface area contributed by atoms with E-state index in [0.29, 0.717) is 17.9 Å². The summed E-state index contributed by atoms with van der Waals surface area (Å²) in [4.78, 5) is 35.4. The Balaban J connectivity index is 1.71. The molecule has 0 unspecified atom stereocenters. The number of hydrogen-bond acceptors (Lipinski definition) is 5. The Labute approximate surface area is 167 Å². The van der Waals surface area contributed by atoms with Crippen molar-refractivity contribution in [3.63, 3.8) is 0 Å². The molecular weight excluding hydrogens is 372 g/mol. The molecule has 0 saturated heterocycles. The van der Waals surface area contributed by atoms with Gasteiger partial charge in [-0.05, 0) is 29.2 Å². The highest BCUT2D eigenvalue weighted by Crippen LogP contribution is 2.29. The summed E-state index contributed by atoms with van der Waals surface area (Å²) in [7, 11) is 0. The third-order valence-electron chi connectivity index (χ3n) is 4.09. The largest absolute Gasteiger partial charge is 0.484 e. The molecule has 0 aliphatic rings. The van der Waals surface area contributed by atoms with E-state index in [4.69, 9.17) is 9.15 Å². The van der Waals surface area contributed by atoms with E-state index in [1.165, 1.54) is 6.07 Å². The van der Waals surface area contributed by atoms with Crippen molar-refractivity contribution >= 4 is 22.9 Å². The molecule has 0 spiro atoms. The van der Waals surface area contributed by atoms with E-state index < -0.39 is 17.6 Å². The van der Waals surface area contributed by atoms with Crippen LogP contribution in [0.2, 0.25) is 0 Å². The second kappa shape index (κ2) is 9.05. The lowest BCUT2D eigenvalue weighted by Gasteiger charge is -2.10. The fourth-order valence-corrected chi connectivity index (χ4v) is 2.74. The zero-order chi connectivity index (χ0) is 20.8. The smallest absolute Gasteiger partial charge is 0.336 e. The SMILES string of the molecule is CC(C)CNC(=O)NC(=O)COc1ccc2c(-c3ccccc3)cc(=O)oc2c1. The summed E-state index contributed by atoms with van der Waals surface area (Å²) in [6, 6.07) is 15.4. The number of nitrogens with one attached hydrogen (secondary N) is 2. The zero-order valence-corrected chi connectivity index (χ0v) is 16.2. The summed E-state index contributed by atoms with van der Waals surface area (Å²) in [5.74, 6) is 0.0505. The lowest BCUT2D eigenvalue weighted by atomic mass is 10.0. The number of carbonyl (C=O) groups is 2. The van der Waals surface area contributed by atoms with Crippen molar-refractivity contribution in [2.24, 2.45) is 5.92 Å². The normalized spacial score (nSPS) is 10.7. The van der Waals surface area contributed by atoms with Gasteiger partial charge in [0.05, 0.1) is 0 Å². The molecule has 0 atom stereocenters. The van der Waals surface area contributed by atoms with E-state index in [1.807, 2.05) is 44.2 Å². The Bertz CT molecular complexity index is 1070. The molecule has 2 aromatic carbocycles. The number of urea groups is 1. The topological polar surface area (TPSA) is 97.6 Å². The molecule has 0 radical (unpaired) electrons. The van der Waals surface area contributed by atoms with Gasteiger partial charge in [0, 0.05) is 24.1 Å². The van der Waals surface area contributed by atoms with E-state index in [-0.39, 0.29) is 12.5 Å². The highest BCUT2D eigenvalue weighted by atomic mass is 16.5. The van der Waals surface area contributed by atoms with Crippen molar-refractivity contribution in [1.82, 2.24) is 10.6 Å². The standard InChI is InChI=1S/C22H22N2O5/c1-14(2)12-23-22(27)24-20(25)13-28-16-8-9-17-18(15-6-4-3-5-7-15)11-21(26)29-19(17)10-16/h3-11,14H,12-13H2,1-2H3,(H2,23,24,25,27). The first-order chi connectivity index (χ1) is 13.9. The highest BCUT2D eigenvalue weighted by Gasteiger charge is 2.11. The van der Waals surface area contributed by atoms with Crippen LogP contribution in [0.1, 0.15) is 13.8 Å².